The maximum atomic E-state index is 3.68. The molecule has 18 heavy (non-hydrogen) atoms. The van der Waals surface area contributed by atoms with E-state index in [1.54, 1.807) is 0 Å². The van der Waals surface area contributed by atoms with E-state index in [-0.39, 0.29) is 0 Å². The largest absolute Gasteiger partial charge is 0.381 e. The fourth-order valence-electron chi connectivity index (χ4n) is 2.83. The lowest BCUT2D eigenvalue weighted by atomic mass is 9.83. The molecule has 2 rings (SSSR count). The summed E-state index contributed by atoms with van der Waals surface area (Å²) in [6.07, 6.45) is 8.13. The number of rotatable bonds is 4. The van der Waals surface area contributed by atoms with Crippen molar-refractivity contribution < 1.29 is 0 Å². The smallest absolute Gasteiger partial charge is 0.0498 e. The molecule has 1 aliphatic carbocycles. The molecule has 1 aromatic rings. The van der Waals surface area contributed by atoms with Gasteiger partial charge < -0.3 is 5.32 Å². The molecule has 0 radical (unpaired) electrons. The second-order valence-electron chi connectivity index (χ2n) is 5.27. The predicted molar refractivity (Wildman–Crippen MR) is 86.1 cm³/mol. The van der Waals surface area contributed by atoms with Gasteiger partial charge in [0.15, 0.2) is 0 Å². The Kier molecular flexibility index (Phi) is 5.56. The fourth-order valence-corrected chi connectivity index (χ4v) is 3.55. The fraction of sp³-hybridized carbons (Fsp3) is 0.600. The standard InChI is InChI=1S/C15H21Br2N/c1-2-3-11-4-7-13(8-5-11)18-15-10-12(16)6-9-14(15)17/h6,9-11,13,18H,2-5,7-8H2,1H3. The molecule has 0 aromatic heterocycles. The van der Waals surface area contributed by atoms with Crippen molar-refractivity contribution in [2.45, 2.75) is 51.5 Å². The lowest BCUT2D eigenvalue weighted by Gasteiger charge is -2.30. The second kappa shape index (κ2) is 6.95. The van der Waals surface area contributed by atoms with E-state index in [0.29, 0.717) is 6.04 Å². The van der Waals surface area contributed by atoms with Crippen LogP contribution in [-0.2, 0) is 0 Å². The molecule has 0 spiro atoms. The van der Waals surface area contributed by atoms with Crippen molar-refractivity contribution in [3.8, 4) is 0 Å². The Morgan fingerprint density at radius 3 is 2.56 bits per heavy atom. The van der Waals surface area contributed by atoms with Crippen molar-refractivity contribution >= 4 is 37.5 Å². The van der Waals surface area contributed by atoms with E-state index in [2.05, 4.69) is 62.3 Å². The van der Waals surface area contributed by atoms with Gasteiger partial charge in [-0.25, -0.2) is 0 Å². The van der Waals surface area contributed by atoms with Gasteiger partial charge in [0.25, 0.3) is 0 Å². The Bertz CT molecular complexity index is 384. The lowest BCUT2D eigenvalue weighted by molar-refractivity contribution is 0.319. The summed E-state index contributed by atoms with van der Waals surface area (Å²) in [6.45, 7) is 2.29. The third-order valence-corrected chi connectivity index (χ3v) is 5.02. The summed E-state index contributed by atoms with van der Waals surface area (Å²) in [5.74, 6) is 0.971. The number of benzene rings is 1. The summed E-state index contributed by atoms with van der Waals surface area (Å²) in [5, 5.41) is 3.68. The van der Waals surface area contributed by atoms with E-state index in [1.807, 2.05) is 0 Å². The van der Waals surface area contributed by atoms with E-state index < -0.39 is 0 Å². The van der Waals surface area contributed by atoms with Gasteiger partial charge >= 0.3 is 0 Å². The predicted octanol–water partition coefficient (Wildman–Crippen LogP) is 5.98. The van der Waals surface area contributed by atoms with Crippen LogP contribution in [0.5, 0.6) is 0 Å². The summed E-state index contributed by atoms with van der Waals surface area (Å²) in [7, 11) is 0. The van der Waals surface area contributed by atoms with Crippen LogP contribution < -0.4 is 5.32 Å². The maximum absolute atomic E-state index is 3.68. The Balaban J connectivity index is 1.89. The van der Waals surface area contributed by atoms with E-state index >= 15 is 0 Å². The first-order valence-electron chi connectivity index (χ1n) is 6.90. The van der Waals surface area contributed by atoms with Crippen molar-refractivity contribution in [1.29, 1.82) is 0 Å². The highest BCUT2D eigenvalue weighted by molar-refractivity contribution is 9.11. The van der Waals surface area contributed by atoms with Crippen molar-refractivity contribution in [2.75, 3.05) is 5.32 Å². The molecular formula is C15H21Br2N. The SMILES string of the molecule is CCCC1CCC(Nc2cc(Br)ccc2Br)CC1. The van der Waals surface area contributed by atoms with Gasteiger partial charge in [-0.2, -0.15) is 0 Å². The molecule has 1 nitrogen and oxygen atoms in total. The van der Waals surface area contributed by atoms with Crippen LogP contribution in [0, 0.1) is 5.92 Å². The molecule has 3 heteroatoms. The minimum atomic E-state index is 0.642. The minimum Gasteiger partial charge on any atom is -0.381 e. The Morgan fingerprint density at radius 2 is 1.89 bits per heavy atom. The molecule has 0 heterocycles. The highest BCUT2D eigenvalue weighted by Crippen LogP contribution is 2.32. The van der Waals surface area contributed by atoms with Crippen LogP contribution in [0.2, 0.25) is 0 Å². The average Bonchev–Trinajstić information content (AvgIpc) is 2.37. The summed E-state index contributed by atoms with van der Waals surface area (Å²) < 4.78 is 2.29. The first-order valence-corrected chi connectivity index (χ1v) is 8.49. The molecule has 0 unspecified atom stereocenters. The van der Waals surface area contributed by atoms with Crippen LogP contribution in [-0.4, -0.2) is 6.04 Å². The summed E-state index contributed by atoms with van der Waals surface area (Å²) >= 11 is 7.14. The zero-order valence-corrected chi connectivity index (χ0v) is 14.1. The van der Waals surface area contributed by atoms with Crippen LogP contribution in [0.25, 0.3) is 0 Å². The van der Waals surface area contributed by atoms with E-state index in [4.69, 9.17) is 0 Å². The number of halogens is 2. The summed E-state index contributed by atoms with van der Waals surface area (Å²) in [5.41, 5.74) is 1.21. The maximum Gasteiger partial charge on any atom is 0.0498 e. The van der Waals surface area contributed by atoms with Crippen LogP contribution in [0.15, 0.2) is 27.1 Å². The van der Waals surface area contributed by atoms with Gasteiger partial charge in [0, 0.05) is 20.7 Å². The zero-order chi connectivity index (χ0) is 13.0. The van der Waals surface area contributed by atoms with Crippen molar-refractivity contribution in [1.82, 2.24) is 0 Å². The second-order valence-corrected chi connectivity index (χ2v) is 7.04. The highest BCUT2D eigenvalue weighted by atomic mass is 79.9. The molecule has 1 saturated carbocycles. The Hall–Kier alpha value is -0.0200. The van der Waals surface area contributed by atoms with Crippen molar-refractivity contribution in [2.24, 2.45) is 5.92 Å². The monoisotopic (exact) mass is 373 g/mol. The van der Waals surface area contributed by atoms with Gasteiger partial charge in [-0.1, -0.05) is 35.7 Å². The van der Waals surface area contributed by atoms with Crippen LogP contribution >= 0.6 is 31.9 Å². The number of hydrogen-bond acceptors (Lipinski definition) is 1. The van der Waals surface area contributed by atoms with Gasteiger partial charge in [0.2, 0.25) is 0 Å². The first-order chi connectivity index (χ1) is 8.69. The first kappa shape index (κ1) is 14.4. The summed E-state index contributed by atoms with van der Waals surface area (Å²) in [6, 6.07) is 6.95. The topological polar surface area (TPSA) is 12.0 Å². The van der Waals surface area contributed by atoms with Crippen LogP contribution in [0.1, 0.15) is 45.4 Å². The van der Waals surface area contributed by atoms with Gasteiger partial charge in [-0.05, 0) is 65.7 Å². The molecule has 0 bridgehead atoms. The molecule has 100 valence electrons. The van der Waals surface area contributed by atoms with Crippen molar-refractivity contribution in [3.63, 3.8) is 0 Å². The number of hydrogen-bond donors (Lipinski definition) is 1. The third kappa shape index (κ3) is 3.99. The number of anilines is 1. The number of nitrogens with one attached hydrogen (secondary N) is 1. The van der Waals surface area contributed by atoms with Gasteiger partial charge in [-0.3, -0.25) is 0 Å². The molecule has 1 N–H and O–H groups in total. The molecule has 1 fully saturated rings. The van der Waals surface area contributed by atoms with Crippen LogP contribution in [0.3, 0.4) is 0 Å². The quantitative estimate of drug-likeness (QED) is 0.683. The molecule has 0 amide bonds. The van der Waals surface area contributed by atoms with Crippen molar-refractivity contribution in [3.05, 3.63) is 27.1 Å². The molecule has 0 aliphatic heterocycles. The highest BCUT2D eigenvalue weighted by Gasteiger charge is 2.20. The zero-order valence-electron chi connectivity index (χ0n) is 10.9. The van der Waals surface area contributed by atoms with E-state index in [9.17, 15) is 0 Å². The van der Waals surface area contributed by atoms with E-state index in [1.165, 1.54) is 44.2 Å². The van der Waals surface area contributed by atoms with E-state index in [0.717, 1.165) is 14.9 Å². The molecule has 1 aliphatic rings. The van der Waals surface area contributed by atoms with Gasteiger partial charge in [0.05, 0.1) is 0 Å². The normalized spacial score (nSPS) is 23.9. The lowest BCUT2D eigenvalue weighted by Crippen LogP contribution is -2.26. The third-order valence-electron chi connectivity index (χ3n) is 3.83. The van der Waals surface area contributed by atoms with Gasteiger partial charge in [0.1, 0.15) is 0 Å². The average molecular weight is 375 g/mol. The molecular weight excluding hydrogens is 354 g/mol. The Morgan fingerprint density at radius 1 is 1.17 bits per heavy atom. The molecule has 0 atom stereocenters. The molecule has 0 saturated heterocycles. The molecule has 1 aromatic carbocycles. The minimum absolute atomic E-state index is 0.642. The van der Waals surface area contributed by atoms with Gasteiger partial charge in [-0.15, -0.1) is 0 Å². The van der Waals surface area contributed by atoms with Crippen LogP contribution in [0.4, 0.5) is 5.69 Å². The summed E-state index contributed by atoms with van der Waals surface area (Å²) in [4.78, 5) is 0. The Labute approximate surface area is 127 Å².